The number of para-hydroxylation sites is 1. The zero-order valence-corrected chi connectivity index (χ0v) is 16.4. The number of anilines is 1. The number of hydrogen-bond donors (Lipinski definition) is 1. The van der Waals surface area contributed by atoms with E-state index in [2.05, 4.69) is 15.4 Å². The molecule has 1 N–H and O–H groups in total. The van der Waals surface area contributed by atoms with Crippen molar-refractivity contribution >= 4 is 17.7 Å². The summed E-state index contributed by atoms with van der Waals surface area (Å²) in [5.41, 5.74) is 2.19. The molecular formula is C21H20N6O3. The smallest absolute Gasteiger partial charge is 0.352 e. The van der Waals surface area contributed by atoms with Gasteiger partial charge in [-0.1, -0.05) is 24.3 Å². The Kier molecular flexibility index (Phi) is 4.35. The third-order valence-electron chi connectivity index (χ3n) is 5.21. The summed E-state index contributed by atoms with van der Waals surface area (Å²) in [6.07, 6.45) is 0. The van der Waals surface area contributed by atoms with Crippen molar-refractivity contribution in [3.05, 3.63) is 70.1 Å². The van der Waals surface area contributed by atoms with E-state index in [1.54, 1.807) is 11.7 Å². The van der Waals surface area contributed by atoms with Crippen LogP contribution in [0, 0.1) is 0 Å². The van der Waals surface area contributed by atoms with E-state index in [9.17, 15) is 9.59 Å². The Bertz CT molecular complexity index is 1230. The van der Waals surface area contributed by atoms with Gasteiger partial charge in [0, 0.05) is 18.7 Å². The van der Waals surface area contributed by atoms with Crippen molar-refractivity contribution in [2.24, 2.45) is 4.99 Å². The molecule has 2 aliphatic heterocycles. The van der Waals surface area contributed by atoms with E-state index in [4.69, 9.17) is 4.74 Å². The fourth-order valence-electron chi connectivity index (χ4n) is 3.79. The van der Waals surface area contributed by atoms with Gasteiger partial charge in [-0.25, -0.2) is 14.0 Å². The van der Waals surface area contributed by atoms with Crippen molar-refractivity contribution in [3.63, 3.8) is 0 Å². The first-order valence-electron chi connectivity index (χ1n) is 9.67. The Hall–Kier alpha value is -3.88. The molecule has 0 spiro atoms. The molecule has 0 saturated heterocycles. The molecule has 9 nitrogen and oxygen atoms in total. The van der Waals surface area contributed by atoms with E-state index >= 15 is 0 Å². The van der Waals surface area contributed by atoms with E-state index in [0.717, 1.165) is 28.4 Å². The lowest BCUT2D eigenvalue weighted by Gasteiger charge is -2.26. The van der Waals surface area contributed by atoms with E-state index in [-0.39, 0.29) is 18.1 Å². The van der Waals surface area contributed by atoms with Crippen molar-refractivity contribution < 1.29 is 9.53 Å². The van der Waals surface area contributed by atoms with Crippen LogP contribution >= 0.6 is 0 Å². The molecule has 152 valence electrons. The average Bonchev–Trinajstić information content (AvgIpc) is 3.38. The van der Waals surface area contributed by atoms with Crippen molar-refractivity contribution in [3.8, 4) is 11.4 Å². The Balaban J connectivity index is 1.39. The van der Waals surface area contributed by atoms with Crippen LogP contribution in [-0.2, 0) is 17.9 Å². The van der Waals surface area contributed by atoms with Gasteiger partial charge in [-0.2, -0.15) is 0 Å². The minimum atomic E-state index is -0.347. The lowest BCUT2D eigenvalue weighted by Crippen LogP contribution is -2.37. The van der Waals surface area contributed by atoms with Crippen LogP contribution in [0.2, 0.25) is 0 Å². The van der Waals surface area contributed by atoms with Gasteiger partial charge < -0.3 is 10.1 Å². The van der Waals surface area contributed by atoms with Crippen LogP contribution in [0.1, 0.15) is 11.1 Å². The number of methoxy groups -OCH3 is 1. The van der Waals surface area contributed by atoms with Crippen LogP contribution in [-0.4, -0.2) is 46.3 Å². The number of nitrogens with zero attached hydrogens (tertiary/aromatic N) is 5. The first-order valence-corrected chi connectivity index (χ1v) is 9.67. The normalized spacial score (nSPS) is 13.9. The molecule has 2 aliphatic rings. The van der Waals surface area contributed by atoms with E-state index < -0.39 is 0 Å². The maximum Gasteiger partial charge on any atom is 0.352 e. The number of fused-ring (bicyclic) bond motifs is 6. The molecular weight excluding hydrogens is 384 g/mol. The molecule has 1 aromatic heterocycles. The van der Waals surface area contributed by atoms with E-state index in [1.165, 1.54) is 4.68 Å². The monoisotopic (exact) mass is 404 g/mol. The summed E-state index contributed by atoms with van der Waals surface area (Å²) in [5.74, 6) is 1.74. The zero-order valence-electron chi connectivity index (χ0n) is 16.4. The Morgan fingerprint density at radius 1 is 1.20 bits per heavy atom. The van der Waals surface area contributed by atoms with Crippen molar-refractivity contribution in [1.82, 2.24) is 19.7 Å². The average molecular weight is 404 g/mol. The number of rotatable bonds is 5. The molecule has 3 aromatic rings. The second-order valence-electron chi connectivity index (χ2n) is 7.08. The molecule has 3 heterocycles. The molecule has 0 saturated carbocycles. The van der Waals surface area contributed by atoms with Gasteiger partial charge in [0.05, 0.1) is 19.3 Å². The fourth-order valence-corrected chi connectivity index (χ4v) is 3.79. The topological polar surface area (TPSA) is 93.8 Å². The van der Waals surface area contributed by atoms with E-state index in [1.807, 2.05) is 53.4 Å². The first-order chi connectivity index (χ1) is 14.7. The van der Waals surface area contributed by atoms with Crippen molar-refractivity contribution in [2.75, 3.05) is 25.1 Å². The van der Waals surface area contributed by atoms with Gasteiger partial charge in [0.25, 0.3) is 0 Å². The number of carbonyl (C=O) groups excluding carboxylic acids is 1. The number of ether oxygens (including phenoxy) is 1. The third-order valence-corrected chi connectivity index (χ3v) is 5.21. The summed E-state index contributed by atoms with van der Waals surface area (Å²) >= 11 is 0. The van der Waals surface area contributed by atoms with Crippen LogP contribution in [0.25, 0.3) is 5.69 Å². The van der Waals surface area contributed by atoms with Gasteiger partial charge in [0.15, 0.2) is 0 Å². The molecule has 1 amide bonds. The number of aromatic nitrogens is 3. The summed E-state index contributed by atoms with van der Waals surface area (Å²) in [6.45, 7) is 1.48. The fraction of sp³-hybridized carbons (Fsp3) is 0.238. The highest BCUT2D eigenvalue weighted by molar-refractivity contribution is 6.14. The Labute approximate surface area is 172 Å². The molecule has 30 heavy (non-hydrogen) atoms. The highest BCUT2D eigenvalue weighted by Crippen LogP contribution is 2.29. The maximum atomic E-state index is 13.1. The van der Waals surface area contributed by atoms with Gasteiger partial charge >= 0.3 is 5.69 Å². The lowest BCUT2D eigenvalue weighted by molar-refractivity contribution is -0.122. The van der Waals surface area contributed by atoms with Crippen LogP contribution in [0.15, 0.2) is 58.3 Å². The quantitative estimate of drug-likeness (QED) is 0.683. The van der Waals surface area contributed by atoms with Gasteiger partial charge in [-0.3, -0.25) is 14.7 Å². The summed E-state index contributed by atoms with van der Waals surface area (Å²) < 4.78 is 7.95. The zero-order chi connectivity index (χ0) is 20.7. The molecule has 0 atom stereocenters. The Morgan fingerprint density at radius 2 is 2.07 bits per heavy atom. The maximum absolute atomic E-state index is 13.1. The van der Waals surface area contributed by atoms with Crippen LogP contribution in [0.4, 0.5) is 5.95 Å². The summed E-state index contributed by atoms with van der Waals surface area (Å²) in [4.78, 5) is 32.0. The minimum Gasteiger partial charge on any atom is -0.497 e. The van der Waals surface area contributed by atoms with Crippen LogP contribution in [0.5, 0.6) is 5.75 Å². The predicted molar refractivity (Wildman–Crippen MR) is 111 cm³/mol. The number of aliphatic imine (C=N–C) groups is 1. The molecule has 5 rings (SSSR count). The van der Waals surface area contributed by atoms with Gasteiger partial charge in [-0.05, 0) is 29.8 Å². The molecule has 0 unspecified atom stereocenters. The number of hydrogen-bond acceptors (Lipinski definition) is 6. The number of amides is 1. The standard InChI is InChI=1S/C21H20N6O3/c1-30-15-6-4-5-14(11-15)12-23-18(28)13-26-21(29)27-17-8-3-2-7-16(17)19-22-9-10-25(19)20(27)24-26/h2-8,11H,9-10,12-13H2,1H3,(H,23,28). The number of benzene rings is 2. The first kappa shape index (κ1) is 18.2. The van der Waals surface area contributed by atoms with Gasteiger partial charge in [-0.15, -0.1) is 5.10 Å². The van der Waals surface area contributed by atoms with Crippen LogP contribution < -0.4 is 20.6 Å². The molecule has 9 heteroatoms. The highest BCUT2D eigenvalue weighted by atomic mass is 16.5. The summed E-state index contributed by atoms with van der Waals surface area (Å²) in [5, 5.41) is 7.28. The van der Waals surface area contributed by atoms with Gasteiger partial charge in [0.1, 0.15) is 18.1 Å². The second-order valence-corrected chi connectivity index (χ2v) is 7.08. The lowest BCUT2D eigenvalue weighted by atomic mass is 10.1. The molecule has 0 fully saturated rings. The SMILES string of the molecule is COc1cccc(CNC(=O)Cn2nc3n(c2=O)-c2ccccc2C2=NCCN23)c1. The number of carbonyl (C=O) groups is 1. The number of nitrogens with one attached hydrogen (secondary N) is 1. The highest BCUT2D eigenvalue weighted by Gasteiger charge is 2.34. The summed E-state index contributed by atoms with van der Waals surface area (Å²) in [7, 11) is 1.60. The Morgan fingerprint density at radius 3 is 2.93 bits per heavy atom. The van der Waals surface area contributed by atoms with Crippen LogP contribution in [0.3, 0.4) is 0 Å². The third kappa shape index (κ3) is 2.95. The van der Waals surface area contributed by atoms with Crippen molar-refractivity contribution in [1.29, 1.82) is 0 Å². The number of amidine groups is 1. The van der Waals surface area contributed by atoms with Crippen molar-refractivity contribution in [2.45, 2.75) is 13.1 Å². The molecule has 0 aliphatic carbocycles. The molecule has 0 radical (unpaired) electrons. The second kappa shape index (κ2) is 7.18. The largest absolute Gasteiger partial charge is 0.497 e. The van der Waals surface area contributed by atoms with Gasteiger partial charge in [0.2, 0.25) is 11.9 Å². The molecule has 0 bridgehead atoms. The molecule has 2 aromatic carbocycles. The summed E-state index contributed by atoms with van der Waals surface area (Å²) in [6, 6.07) is 15.1. The van der Waals surface area contributed by atoms with E-state index in [0.29, 0.717) is 25.6 Å². The minimum absolute atomic E-state index is 0.161. The predicted octanol–water partition coefficient (Wildman–Crippen LogP) is 0.939.